The summed E-state index contributed by atoms with van der Waals surface area (Å²) in [5, 5.41) is 6.93. The van der Waals surface area contributed by atoms with Gasteiger partial charge in [0.2, 0.25) is 0 Å². The maximum absolute atomic E-state index is 6.34. The van der Waals surface area contributed by atoms with Gasteiger partial charge in [0.15, 0.2) is 17.5 Å². The second-order valence-corrected chi connectivity index (χ2v) is 16.0. The summed E-state index contributed by atoms with van der Waals surface area (Å²) < 4.78 is 11.2. The van der Waals surface area contributed by atoms with Crippen molar-refractivity contribution in [3.8, 4) is 56.7 Å². The van der Waals surface area contributed by atoms with Crippen LogP contribution in [0.15, 0.2) is 217 Å². The molecule has 0 atom stereocenters. The number of para-hydroxylation sites is 4. The lowest BCUT2D eigenvalue weighted by Gasteiger charge is -2.14. The number of rotatable bonds is 6. The fourth-order valence-electron chi connectivity index (χ4n) is 9.47. The van der Waals surface area contributed by atoms with Gasteiger partial charge in [-0.05, 0) is 65.7 Å². The highest BCUT2D eigenvalue weighted by Gasteiger charge is 2.22. The van der Waals surface area contributed by atoms with Crippen molar-refractivity contribution in [1.29, 1.82) is 0 Å². The smallest absolute Gasteiger partial charge is 0.164 e. The molecule has 13 aromatic rings. The van der Waals surface area contributed by atoms with E-state index in [0.29, 0.717) is 17.5 Å². The van der Waals surface area contributed by atoms with Crippen molar-refractivity contribution >= 4 is 65.6 Å². The van der Waals surface area contributed by atoms with E-state index in [1.54, 1.807) is 0 Å². The van der Waals surface area contributed by atoms with Crippen LogP contribution in [0.4, 0.5) is 0 Å². The number of hydrogen-bond donors (Lipinski definition) is 0. The molecule has 0 aliphatic heterocycles. The van der Waals surface area contributed by atoms with E-state index in [1.807, 2.05) is 30.3 Å². The molecule has 0 aliphatic carbocycles. The maximum atomic E-state index is 6.34. The molecule has 0 bridgehead atoms. The minimum atomic E-state index is 0.570. The van der Waals surface area contributed by atoms with Crippen molar-refractivity contribution in [1.82, 2.24) is 24.1 Å². The van der Waals surface area contributed by atoms with E-state index in [0.717, 1.165) is 77.7 Å². The minimum Gasteiger partial charge on any atom is -0.456 e. The van der Waals surface area contributed by atoms with Gasteiger partial charge in [0.05, 0.1) is 22.1 Å². The van der Waals surface area contributed by atoms with E-state index in [2.05, 4.69) is 191 Å². The topological polar surface area (TPSA) is 61.7 Å². The van der Waals surface area contributed by atoms with Crippen molar-refractivity contribution in [2.24, 2.45) is 0 Å². The van der Waals surface area contributed by atoms with Crippen LogP contribution >= 0.6 is 0 Å². The van der Waals surface area contributed by atoms with Crippen molar-refractivity contribution < 1.29 is 4.42 Å². The van der Waals surface area contributed by atoms with Crippen LogP contribution in [0.25, 0.3) is 122 Å². The molecule has 4 aromatic heterocycles. The minimum absolute atomic E-state index is 0.570. The van der Waals surface area contributed by atoms with E-state index in [1.165, 1.54) is 27.1 Å². The summed E-state index contributed by atoms with van der Waals surface area (Å²) in [5.41, 5.74) is 13.3. The Hall–Kier alpha value is -8.61. The lowest BCUT2D eigenvalue weighted by atomic mass is 10.0. The van der Waals surface area contributed by atoms with Gasteiger partial charge in [-0.3, -0.25) is 0 Å². The van der Waals surface area contributed by atoms with Crippen molar-refractivity contribution in [2.45, 2.75) is 0 Å². The van der Waals surface area contributed by atoms with Gasteiger partial charge in [-0.1, -0.05) is 158 Å². The fraction of sp³-hybridized carbons (Fsp3) is 0. The molecule has 63 heavy (non-hydrogen) atoms. The third-order valence-corrected chi connectivity index (χ3v) is 12.4. The van der Waals surface area contributed by atoms with Crippen LogP contribution < -0.4 is 0 Å². The summed E-state index contributed by atoms with van der Waals surface area (Å²) in [7, 11) is 0. The largest absolute Gasteiger partial charge is 0.456 e. The first-order valence-corrected chi connectivity index (χ1v) is 21.2. The van der Waals surface area contributed by atoms with E-state index < -0.39 is 0 Å². The molecule has 9 aromatic carbocycles. The maximum Gasteiger partial charge on any atom is 0.164 e. The number of nitrogens with zero attached hydrogens (tertiary/aromatic N) is 5. The van der Waals surface area contributed by atoms with Crippen LogP contribution in [0.1, 0.15) is 0 Å². The van der Waals surface area contributed by atoms with E-state index in [4.69, 9.17) is 19.4 Å². The summed E-state index contributed by atoms with van der Waals surface area (Å²) in [6.07, 6.45) is 0. The normalized spacial score (nSPS) is 11.8. The summed E-state index contributed by atoms with van der Waals surface area (Å²) in [6, 6.07) is 74.5. The Bertz CT molecular complexity index is 3900. The van der Waals surface area contributed by atoms with Crippen molar-refractivity contribution in [2.75, 3.05) is 0 Å². The number of fused-ring (bicyclic) bond motifs is 10. The standard InChI is InChI=1S/C57H35N5O/c1-3-14-36(15-4-1)37-26-28-38(29-27-37)55-58-56(60-57(59-55)40-30-31-46-45-22-9-12-25-51(45)63-52(46)35-40)39-16-13-19-42(34-39)62-50-24-11-8-21-44(50)48-33-32-47-43-20-7-10-23-49(43)61(53(47)54(48)62)41-17-5-2-6-18-41/h1-35H. The monoisotopic (exact) mass is 805 g/mol. The Morgan fingerprint density at radius 3 is 1.41 bits per heavy atom. The highest BCUT2D eigenvalue weighted by Crippen LogP contribution is 2.42. The van der Waals surface area contributed by atoms with E-state index >= 15 is 0 Å². The zero-order valence-corrected chi connectivity index (χ0v) is 33.9. The Labute approximate surface area is 361 Å². The van der Waals surface area contributed by atoms with Crippen LogP contribution in [0.5, 0.6) is 0 Å². The van der Waals surface area contributed by atoms with Crippen molar-refractivity contribution in [3.05, 3.63) is 212 Å². The Balaban J connectivity index is 1.03. The van der Waals surface area contributed by atoms with Crippen molar-refractivity contribution in [3.63, 3.8) is 0 Å². The van der Waals surface area contributed by atoms with Gasteiger partial charge in [-0.25, -0.2) is 15.0 Å². The molecule has 0 unspecified atom stereocenters. The summed E-state index contributed by atoms with van der Waals surface area (Å²) >= 11 is 0. The van der Waals surface area contributed by atoms with Crippen LogP contribution in [0.2, 0.25) is 0 Å². The van der Waals surface area contributed by atoms with Gasteiger partial charge in [-0.2, -0.15) is 0 Å². The summed E-state index contributed by atoms with van der Waals surface area (Å²) in [4.78, 5) is 15.6. The molecule has 0 N–H and O–H groups in total. The first-order valence-electron chi connectivity index (χ1n) is 21.2. The van der Waals surface area contributed by atoms with Crippen LogP contribution in [0, 0.1) is 0 Å². The first-order chi connectivity index (χ1) is 31.2. The molecular formula is C57H35N5O. The fourth-order valence-corrected chi connectivity index (χ4v) is 9.47. The third kappa shape index (κ3) is 5.62. The average molecular weight is 806 g/mol. The zero-order chi connectivity index (χ0) is 41.4. The molecule has 0 saturated heterocycles. The molecule has 294 valence electrons. The highest BCUT2D eigenvalue weighted by atomic mass is 16.3. The molecule has 0 fully saturated rings. The molecule has 0 radical (unpaired) electrons. The molecular weight excluding hydrogens is 771 g/mol. The summed E-state index contributed by atoms with van der Waals surface area (Å²) in [6.45, 7) is 0. The molecule has 0 aliphatic rings. The zero-order valence-electron chi connectivity index (χ0n) is 33.9. The van der Waals surface area contributed by atoms with Crippen LogP contribution in [-0.2, 0) is 0 Å². The number of benzene rings is 9. The van der Waals surface area contributed by atoms with Gasteiger partial charge in [0.25, 0.3) is 0 Å². The molecule has 6 heteroatoms. The molecule has 0 saturated carbocycles. The number of hydrogen-bond acceptors (Lipinski definition) is 4. The molecule has 6 nitrogen and oxygen atoms in total. The SMILES string of the molecule is c1ccc(-c2ccc(-c3nc(-c4cccc(-n5c6ccccc6c6ccc7c8ccccc8n(-c8ccccc8)c7c65)c4)nc(-c4ccc5c(c4)oc4ccccc45)n3)cc2)cc1. The Morgan fingerprint density at radius 2 is 0.730 bits per heavy atom. The van der Waals surface area contributed by atoms with Gasteiger partial charge >= 0.3 is 0 Å². The van der Waals surface area contributed by atoms with E-state index in [-0.39, 0.29) is 0 Å². The van der Waals surface area contributed by atoms with Crippen LogP contribution in [0.3, 0.4) is 0 Å². The van der Waals surface area contributed by atoms with Gasteiger partial charge in [0, 0.05) is 60.4 Å². The average Bonchev–Trinajstić information content (AvgIpc) is 4.02. The van der Waals surface area contributed by atoms with Gasteiger partial charge in [-0.15, -0.1) is 0 Å². The Morgan fingerprint density at radius 1 is 0.286 bits per heavy atom. The third-order valence-electron chi connectivity index (χ3n) is 12.4. The second kappa shape index (κ2) is 14.0. The van der Waals surface area contributed by atoms with E-state index in [9.17, 15) is 0 Å². The van der Waals surface area contributed by atoms with Gasteiger partial charge < -0.3 is 13.6 Å². The Kier molecular flexibility index (Phi) is 7.80. The second-order valence-electron chi connectivity index (χ2n) is 16.0. The molecule has 0 spiro atoms. The molecule has 4 heterocycles. The summed E-state index contributed by atoms with van der Waals surface area (Å²) in [5.74, 6) is 1.74. The van der Waals surface area contributed by atoms with Crippen LogP contribution in [-0.4, -0.2) is 24.1 Å². The molecule has 0 amide bonds. The highest BCUT2D eigenvalue weighted by molar-refractivity contribution is 6.23. The first kappa shape index (κ1) is 35.2. The lowest BCUT2D eigenvalue weighted by Crippen LogP contribution is -2.01. The molecule has 13 rings (SSSR count). The quantitative estimate of drug-likeness (QED) is 0.168. The van der Waals surface area contributed by atoms with Gasteiger partial charge in [0.1, 0.15) is 11.2 Å². The lowest BCUT2D eigenvalue weighted by molar-refractivity contribution is 0.669. The predicted octanol–water partition coefficient (Wildman–Crippen LogP) is 14.6. The number of aromatic nitrogens is 5. The number of furan rings is 1. The predicted molar refractivity (Wildman–Crippen MR) is 258 cm³/mol.